The number of anilines is 1. The van der Waals surface area contributed by atoms with Crippen molar-refractivity contribution in [3.05, 3.63) is 100 Å². The fraction of sp³-hybridized carbons (Fsp3) is 0.306. The Balaban J connectivity index is 1.40. The zero-order valence-corrected chi connectivity index (χ0v) is 27.0. The smallest absolute Gasteiger partial charge is 0.416 e. The number of ether oxygens (including phenoxy) is 2. The van der Waals surface area contributed by atoms with Crippen molar-refractivity contribution in [2.45, 2.75) is 51.3 Å². The van der Waals surface area contributed by atoms with Crippen LogP contribution in [0.1, 0.15) is 57.8 Å². The number of carbonyl (C=O) groups excluding carboxylic acids is 1. The Hall–Kier alpha value is -5.27. The Morgan fingerprint density at radius 2 is 1.58 bits per heavy atom. The van der Waals surface area contributed by atoms with E-state index >= 15 is 0 Å². The molecule has 0 bridgehead atoms. The minimum Gasteiger partial charge on any atom is -0.496 e. The number of aryl methyl sites for hydroxylation is 1. The molecule has 2 atom stereocenters. The van der Waals surface area contributed by atoms with E-state index in [9.17, 15) is 41.0 Å². The number of aromatic nitrogens is 1. The van der Waals surface area contributed by atoms with Gasteiger partial charge in [-0.25, -0.2) is 14.6 Å². The quantitative estimate of drug-likeness (QED) is 0.184. The number of hydrogen-bond donors (Lipinski definition) is 1. The van der Waals surface area contributed by atoms with Crippen molar-refractivity contribution >= 4 is 17.9 Å². The predicted molar refractivity (Wildman–Crippen MR) is 171 cm³/mol. The molecule has 2 fully saturated rings. The molecule has 3 heterocycles. The van der Waals surface area contributed by atoms with E-state index in [0.29, 0.717) is 40.5 Å². The summed E-state index contributed by atoms with van der Waals surface area (Å²) >= 11 is 0. The lowest BCUT2D eigenvalue weighted by Crippen LogP contribution is -2.38. The number of carboxylic acids is 1. The van der Waals surface area contributed by atoms with E-state index < -0.39 is 53.3 Å². The number of cyclic esters (lactones) is 1. The number of halogens is 6. The minimum absolute atomic E-state index is 0.0314. The van der Waals surface area contributed by atoms with Gasteiger partial charge in [0.1, 0.15) is 17.7 Å². The number of methoxy groups -OCH3 is 1. The van der Waals surface area contributed by atoms with E-state index in [0.717, 1.165) is 36.2 Å². The summed E-state index contributed by atoms with van der Waals surface area (Å²) in [4.78, 5) is 32.9. The molecule has 0 saturated carbocycles. The zero-order chi connectivity index (χ0) is 36.1. The first kappa shape index (κ1) is 34.6. The van der Waals surface area contributed by atoms with Crippen LogP contribution in [0.15, 0.2) is 66.7 Å². The first-order valence-corrected chi connectivity index (χ1v) is 15.6. The molecule has 0 aliphatic carbocycles. The topological polar surface area (TPSA) is 92.2 Å². The first-order chi connectivity index (χ1) is 23.5. The van der Waals surface area contributed by atoms with Crippen LogP contribution < -0.4 is 9.64 Å². The second-order valence-corrected chi connectivity index (χ2v) is 12.3. The molecule has 6 rings (SSSR count). The lowest BCUT2D eigenvalue weighted by Gasteiger charge is -2.33. The molecule has 2 aliphatic heterocycles. The zero-order valence-electron chi connectivity index (χ0n) is 27.0. The van der Waals surface area contributed by atoms with Gasteiger partial charge in [-0.3, -0.25) is 4.90 Å². The summed E-state index contributed by atoms with van der Waals surface area (Å²) < 4.78 is 93.0. The van der Waals surface area contributed by atoms with Crippen LogP contribution in [0, 0.1) is 6.92 Å². The number of pyridine rings is 1. The van der Waals surface area contributed by atoms with Crippen molar-refractivity contribution in [2.75, 3.05) is 25.1 Å². The van der Waals surface area contributed by atoms with Gasteiger partial charge in [-0.2, -0.15) is 26.3 Å². The summed E-state index contributed by atoms with van der Waals surface area (Å²) in [6.45, 7) is 4.62. The normalized spacial score (nSPS) is 17.8. The number of hydrogen-bond acceptors (Lipinski definition) is 6. The summed E-state index contributed by atoms with van der Waals surface area (Å²) in [6.07, 6.45) is -11.5. The van der Waals surface area contributed by atoms with Crippen LogP contribution in [0.3, 0.4) is 0 Å². The van der Waals surface area contributed by atoms with Crippen LogP contribution in [0.25, 0.3) is 22.3 Å². The lowest BCUT2D eigenvalue weighted by molar-refractivity contribution is -0.143. The Labute approximate surface area is 282 Å². The number of carboxylic acid groups (broad SMARTS) is 1. The molecule has 1 amide bonds. The molecule has 14 heteroatoms. The Kier molecular flexibility index (Phi) is 8.91. The third-order valence-electron chi connectivity index (χ3n) is 9.06. The van der Waals surface area contributed by atoms with Gasteiger partial charge in [0, 0.05) is 24.2 Å². The number of benzene rings is 3. The van der Waals surface area contributed by atoms with Crippen LogP contribution in [0.5, 0.6) is 5.75 Å². The maximum Gasteiger partial charge on any atom is 0.416 e. The molecule has 1 unspecified atom stereocenters. The second-order valence-electron chi connectivity index (χ2n) is 12.3. The van der Waals surface area contributed by atoms with Crippen molar-refractivity contribution in [3.8, 4) is 28.0 Å². The van der Waals surface area contributed by atoms with Crippen molar-refractivity contribution < 1.29 is 50.5 Å². The largest absolute Gasteiger partial charge is 0.496 e. The summed E-state index contributed by atoms with van der Waals surface area (Å²) in [5, 5.41) is 9.42. The number of amides is 1. The summed E-state index contributed by atoms with van der Waals surface area (Å²) in [6, 6.07) is 14.0. The highest BCUT2D eigenvalue weighted by molar-refractivity contribution is 5.89. The van der Waals surface area contributed by atoms with E-state index in [1.165, 1.54) is 25.0 Å². The SMILES string of the molecule is COc1ccc(-c2ccc(C(=O)O)cc2C)cc1-c1ccc(N2CCC2)nc1CN1C(=O)O[C@H](c2cc(C(F)(F)F)cc(C(F)(F)F)c2)C1C. The minimum atomic E-state index is -5.07. The monoisotopic (exact) mass is 699 g/mol. The average molecular weight is 700 g/mol. The van der Waals surface area contributed by atoms with Crippen LogP contribution in [0.4, 0.5) is 37.0 Å². The molecular formula is C36H31F6N3O5. The molecule has 8 nitrogen and oxygen atoms in total. The number of rotatable bonds is 8. The van der Waals surface area contributed by atoms with Gasteiger partial charge in [-0.15, -0.1) is 0 Å². The fourth-order valence-corrected chi connectivity index (χ4v) is 6.25. The van der Waals surface area contributed by atoms with Crippen LogP contribution in [-0.4, -0.2) is 53.3 Å². The molecule has 2 aliphatic rings. The molecule has 0 radical (unpaired) electrons. The molecule has 3 aromatic carbocycles. The highest BCUT2D eigenvalue weighted by atomic mass is 19.4. The maximum absolute atomic E-state index is 13.6. The van der Waals surface area contributed by atoms with Gasteiger partial charge >= 0.3 is 24.4 Å². The summed E-state index contributed by atoms with van der Waals surface area (Å²) in [7, 11) is 1.49. The molecule has 1 N–H and O–H groups in total. The number of alkyl halides is 6. The lowest BCUT2D eigenvalue weighted by atomic mass is 9.93. The molecule has 1 aromatic heterocycles. The van der Waals surface area contributed by atoms with Gasteiger partial charge in [0.2, 0.25) is 0 Å². The van der Waals surface area contributed by atoms with Crippen LogP contribution in [0.2, 0.25) is 0 Å². The van der Waals surface area contributed by atoms with Crippen molar-refractivity contribution in [1.82, 2.24) is 9.88 Å². The number of nitrogens with zero attached hydrogens (tertiary/aromatic N) is 3. The van der Waals surface area contributed by atoms with Crippen LogP contribution in [-0.2, 0) is 23.6 Å². The number of carbonyl (C=O) groups is 2. The van der Waals surface area contributed by atoms with Gasteiger partial charge in [-0.1, -0.05) is 12.1 Å². The van der Waals surface area contributed by atoms with Crippen molar-refractivity contribution in [3.63, 3.8) is 0 Å². The molecule has 4 aromatic rings. The maximum atomic E-state index is 13.6. The highest BCUT2D eigenvalue weighted by Crippen LogP contribution is 2.43. The average Bonchev–Trinajstić information content (AvgIpc) is 3.31. The van der Waals surface area contributed by atoms with Gasteiger partial charge in [0.05, 0.1) is 42.1 Å². The van der Waals surface area contributed by atoms with Crippen molar-refractivity contribution in [2.24, 2.45) is 0 Å². The molecule has 0 spiro atoms. The summed E-state index contributed by atoms with van der Waals surface area (Å²) in [5.74, 6) is 0.0420. The van der Waals surface area contributed by atoms with E-state index in [-0.39, 0.29) is 18.2 Å². The third-order valence-corrected chi connectivity index (χ3v) is 9.06. The van der Waals surface area contributed by atoms with Gasteiger partial charge in [-0.05, 0) is 97.1 Å². The van der Waals surface area contributed by atoms with Gasteiger partial charge in [0.25, 0.3) is 0 Å². The van der Waals surface area contributed by atoms with E-state index in [2.05, 4.69) is 0 Å². The third kappa shape index (κ3) is 6.66. The van der Waals surface area contributed by atoms with E-state index in [1.807, 2.05) is 29.2 Å². The fourth-order valence-electron chi connectivity index (χ4n) is 6.25. The van der Waals surface area contributed by atoms with Gasteiger partial charge in [0.15, 0.2) is 0 Å². The summed E-state index contributed by atoms with van der Waals surface area (Å²) in [5.41, 5.74) is 0.474. The van der Waals surface area contributed by atoms with E-state index in [1.54, 1.807) is 25.1 Å². The van der Waals surface area contributed by atoms with E-state index in [4.69, 9.17) is 14.5 Å². The molecule has 2 saturated heterocycles. The molecule has 50 heavy (non-hydrogen) atoms. The van der Waals surface area contributed by atoms with Gasteiger partial charge < -0.3 is 19.5 Å². The number of aromatic carboxylic acids is 1. The molecule has 262 valence electrons. The molecular weight excluding hydrogens is 668 g/mol. The highest BCUT2D eigenvalue weighted by Gasteiger charge is 2.43. The standard InChI is InChI=1S/C36H31F6N3O5/c1-19-13-22(33(46)47)5-7-26(19)21-6-9-30(49-3)28(16-21)27-8-10-31(44-11-4-12-44)43-29(27)18-45-20(2)32(50-34(45)48)23-14-24(35(37,38)39)17-25(15-23)36(40,41)42/h5-10,13-17,20,32H,4,11-12,18H2,1-3H3,(H,46,47)/t20?,32-/m0/s1. The van der Waals surface area contributed by atoms with Crippen molar-refractivity contribution in [1.29, 1.82) is 0 Å². The second kappa shape index (κ2) is 12.9. The van der Waals surface area contributed by atoms with Crippen LogP contribution >= 0.6 is 0 Å². The Bertz CT molecular complexity index is 1940. The Morgan fingerprint density at radius 1 is 0.920 bits per heavy atom. The first-order valence-electron chi connectivity index (χ1n) is 15.6. The Morgan fingerprint density at radius 3 is 2.14 bits per heavy atom. The predicted octanol–water partition coefficient (Wildman–Crippen LogP) is 8.76.